The fraction of sp³-hybridized carbons (Fsp3) is 0.286. The lowest BCUT2D eigenvalue weighted by Crippen LogP contribution is -2.38. The normalized spacial score (nSPS) is 14.5. The number of amides is 1. The fourth-order valence-corrected chi connectivity index (χ4v) is 4.45. The second-order valence-corrected chi connectivity index (χ2v) is 7.88. The van der Waals surface area contributed by atoms with Gasteiger partial charge in [0.1, 0.15) is 18.2 Å². The minimum atomic E-state index is -1.05. The Hall–Kier alpha value is -3.17. The third-order valence-electron chi connectivity index (χ3n) is 4.98. The maximum Gasteiger partial charge on any atom is 0.338 e. The summed E-state index contributed by atoms with van der Waals surface area (Å²) in [6.45, 7) is 1.49. The number of hydrogen-bond acceptors (Lipinski definition) is 7. The van der Waals surface area contributed by atoms with Crippen LogP contribution in [-0.4, -0.2) is 41.2 Å². The van der Waals surface area contributed by atoms with Gasteiger partial charge in [-0.15, -0.1) is 11.3 Å². The zero-order valence-electron chi connectivity index (χ0n) is 16.1. The van der Waals surface area contributed by atoms with Gasteiger partial charge in [-0.2, -0.15) is 0 Å². The van der Waals surface area contributed by atoms with Crippen molar-refractivity contribution >= 4 is 39.1 Å². The van der Waals surface area contributed by atoms with E-state index in [1.54, 1.807) is 24.3 Å². The highest BCUT2D eigenvalue weighted by atomic mass is 32.1. The number of ether oxygens (including phenoxy) is 2. The number of carbonyl (C=O) groups excluding carboxylic acids is 1. The van der Waals surface area contributed by atoms with Crippen LogP contribution in [0.25, 0.3) is 10.1 Å². The second-order valence-electron chi connectivity index (χ2n) is 7.00. The van der Waals surface area contributed by atoms with E-state index in [2.05, 4.69) is 10.3 Å². The van der Waals surface area contributed by atoms with Gasteiger partial charge in [-0.1, -0.05) is 6.07 Å². The van der Waals surface area contributed by atoms with Crippen molar-refractivity contribution in [1.29, 1.82) is 0 Å². The summed E-state index contributed by atoms with van der Waals surface area (Å²) >= 11 is 1.29. The van der Waals surface area contributed by atoms with Crippen molar-refractivity contribution in [2.24, 2.45) is 0 Å². The van der Waals surface area contributed by atoms with E-state index in [-0.39, 0.29) is 29.9 Å². The number of nitrogens with two attached hydrogens (primary N) is 1. The number of carbonyl (C=O) groups is 2. The number of benzene rings is 1. The highest BCUT2D eigenvalue weighted by molar-refractivity contribution is 7.17. The van der Waals surface area contributed by atoms with Crippen molar-refractivity contribution in [3.63, 3.8) is 0 Å². The van der Waals surface area contributed by atoms with Crippen LogP contribution in [0.1, 0.15) is 39.1 Å². The van der Waals surface area contributed by atoms with Gasteiger partial charge in [-0.3, -0.25) is 4.79 Å². The van der Waals surface area contributed by atoms with Gasteiger partial charge in [-0.25, -0.2) is 9.78 Å². The van der Waals surface area contributed by atoms with Gasteiger partial charge in [0.15, 0.2) is 0 Å². The van der Waals surface area contributed by atoms with Crippen LogP contribution in [0.2, 0.25) is 0 Å². The number of nitrogens with zero attached hydrogens (tertiary/aromatic N) is 1. The number of carboxylic acids is 1. The van der Waals surface area contributed by atoms with E-state index >= 15 is 0 Å². The van der Waals surface area contributed by atoms with Gasteiger partial charge < -0.3 is 25.6 Å². The molecule has 4 N–H and O–H groups in total. The smallest absolute Gasteiger partial charge is 0.338 e. The Morgan fingerprint density at radius 2 is 2.13 bits per heavy atom. The molecule has 1 amide bonds. The van der Waals surface area contributed by atoms with Crippen LogP contribution in [0, 0.1) is 0 Å². The molecule has 0 saturated carbocycles. The zero-order valence-corrected chi connectivity index (χ0v) is 16.9. The molecule has 30 heavy (non-hydrogen) atoms. The van der Waals surface area contributed by atoms with Crippen molar-refractivity contribution < 1.29 is 24.2 Å². The summed E-state index contributed by atoms with van der Waals surface area (Å²) in [5.41, 5.74) is 7.36. The molecule has 1 saturated heterocycles. The average molecular weight is 427 g/mol. The summed E-state index contributed by atoms with van der Waals surface area (Å²) in [6, 6.07) is 7.07. The maximum absolute atomic E-state index is 12.5. The molecule has 0 spiro atoms. The second kappa shape index (κ2) is 8.68. The first kappa shape index (κ1) is 20.1. The number of aromatic nitrogens is 1. The maximum atomic E-state index is 12.5. The van der Waals surface area contributed by atoms with Crippen LogP contribution in [-0.2, 0) is 11.3 Å². The Kier molecular flexibility index (Phi) is 5.82. The van der Waals surface area contributed by atoms with Crippen molar-refractivity contribution in [3.05, 3.63) is 52.5 Å². The topological polar surface area (TPSA) is 124 Å². The molecule has 156 valence electrons. The van der Waals surface area contributed by atoms with Crippen LogP contribution in [0.15, 0.2) is 35.8 Å². The lowest BCUT2D eigenvalue weighted by molar-refractivity contribution is 0.0689. The molecule has 3 aromatic rings. The molecule has 1 aliphatic rings. The highest BCUT2D eigenvalue weighted by Gasteiger charge is 2.18. The Morgan fingerprint density at radius 3 is 2.90 bits per heavy atom. The Balaban J connectivity index is 1.48. The number of rotatable bonds is 6. The molecule has 8 nitrogen and oxygen atoms in total. The summed E-state index contributed by atoms with van der Waals surface area (Å²) in [6.07, 6.45) is 2.88. The van der Waals surface area contributed by atoms with Crippen LogP contribution in [0.3, 0.4) is 0 Å². The summed E-state index contributed by atoms with van der Waals surface area (Å²) in [7, 11) is 0. The molecule has 1 aliphatic heterocycles. The van der Waals surface area contributed by atoms with Crippen molar-refractivity contribution in [1.82, 2.24) is 10.3 Å². The molecule has 0 radical (unpaired) electrons. The van der Waals surface area contributed by atoms with Gasteiger partial charge in [-0.05, 0) is 36.4 Å². The molecule has 0 aliphatic carbocycles. The van der Waals surface area contributed by atoms with E-state index in [1.807, 2.05) is 5.38 Å². The van der Waals surface area contributed by atoms with E-state index in [4.69, 9.17) is 15.2 Å². The molecule has 0 unspecified atom stereocenters. The van der Waals surface area contributed by atoms with Crippen LogP contribution in [0.4, 0.5) is 5.82 Å². The SMILES string of the molecule is Nc1ncc(C(=O)O)c2scc(COc3cccc(C(=O)NC4CCOCC4)c3)c12. The summed E-state index contributed by atoms with van der Waals surface area (Å²) < 4.78 is 11.8. The Bertz CT molecular complexity index is 1090. The van der Waals surface area contributed by atoms with E-state index in [0.29, 0.717) is 34.6 Å². The van der Waals surface area contributed by atoms with Crippen molar-refractivity contribution in [3.8, 4) is 5.75 Å². The zero-order chi connectivity index (χ0) is 21.1. The molecule has 4 rings (SSSR count). The minimum absolute atomic E-state index is 0.113. The largest absolute Gasteiger partial charge is 0.489 e. The molecule has 1 aromatic carbocycles. The quantitative estimate of drug-likeness (QED) is 0.552. The molecule has 2 aromatic heterocycles. The summed E-state index contributed by atoms with van der Waals surface area (Å²) in [4.78, 5) is 27.9. The molecular weight excluding hydrogens is 406 g/mol. The van der Waals surface area contributed by atoms with Gasteiger partial charge >= 0.3 is 5.97 Å². The number of thiophene rings is 1. The third kappa shape index (κ3) is 4.22. The Morgan fingerprint density at radius 1 is 1.33 bits per heavy atom. The lowest BCUT2D eigenvalue weighted by atomic mass is 10.1. The molecule has 0 atom stereocenters. The van der Waals surface area contributed by atoms with E-state index in [1.165, 1.54) is 17.5 Å². The van der Waals surface area contributed by atoms with Crippen LogP contribution < -0.4 is 15.8 Å². The molecule has 1 fully saturated rings. The van der Waals surface area contributed by atoms with Gasteiger partial charge in [0.25, 0.3) is 5.91 Å². The average Bonchev–Trinajstić information content (AvgIpc) is 3.18. The summed E-state index contributed by atoms with van der Waals surface area (Å²) in [5, 5.41) is 14.8. The number of pyridine rings is 1. The number of carboxylic acid groups (broad SMARTS) is 1. The van der Waals surface area contributed by atoms with Gasteiger partial charge in [0, 0.05) is 42.0 Å². The van der Waals surface area contributed by atoms with E-state index in [9.17, 15) is 14.7 Å². The molecular formula is C21H21N3O5S. The Labute approximate surface area is 176 Å². The van der Waals surface area contributed by atoms with Gasteiger partial charge in [0.05, 0.1) is 10.3 Å². The minimum Gasteiger partial charge on any atom is -0.489 e. The fourth-order valence-electron chi connectivity index (χ4n) is 3.39. The standard InChI is InChI=1S/C21H21N3O5S/c22-19-17-13(11-30-18(17)16(9-23-19)21(26)27)10-29-15-3-1-2-12(8-15)20(25)24-14-4-6-28-7-5-14/h1-3,8-9,11,14H,4-7,10H2,(H2,22,23)(H,24,25)(H,26,27). The number of fused-ring (bicyclic) bond motifs is 1. The van der Waals surface area contributed by atoms with E-state index in [0.717, 1.165) is 18.4 Å². The third-order valence-corrected chi connectivity index (χ3v) is 6.04. The van der Waals surface area contributed by atoms with Crippen molar-refractivity contribution in [2.75, 3.05) is 18.9 Å². The van der Waals surface area contributed by atoms with Crippen LogP contribution >= 0.6 is 11.3 Å². The lowest BCUT2D eigenvalue weighted by Gasteiger charge is -2.23. The first-order valence-electron chi connectivity index (χ1n) is 9.52. The number of anilines is 1. The monoisotopic (exact) mass is 427 g/mol. The number of hydrogen-bond donors (Lipinski definition) is 3. The number of nitrogens with one attached hydrogen (secondary N) is 1. The molecule has 9 heteroatoms. The molecule has 0 bridgehead atoms. The first-order valence-corrected chi connectivity index (χ1v) is 10.4. The predicted octanol–water partition coefficient (Wildman–Crippen LogP) is 3.06. The highest BCUT2D eigenvalue weighted by Crippen LogP contribution is 2.33. The first-order chi connectivity index (χ1) is 14.5. The van der Waals surface area contributed by atoms with E-state index < -0.39 is 5.97 Å². The van der Waals surface area contributed by atoms with Gasteiger partial charge in [0.2, 0.25) is 0 Å². The molecule has 3 heterocycles. The number of nitrogen functional groups attached to an aromatic ring is 1. The van der Waals surface area contributed by atoms with Crippen molar-refractivity contribution in [2.45, 2.75) is 25.5 Å². The summed E-state index contributed by atoms with van der Waals surface area (Å²) in [5.74, 6) is -0.396. The predicted molar refractivity (Wildman–Crippen MR) is 113 cm³/mol. The van der Waals surface area contributed by atoms with Crippen LogP contribution in [0.5, 0.6) is 5.75 Å². The number of aromatic carboxylic acids is 1.